The molecule has 1 N–H and O–H groups in total. The highest BCUT2D eigenvalue weighted by molar-refractivity contribution is 7.91. The minimum Gasteiger partial charge on any atom is -0.377 e. The number of sulfone groups is 1. The van der Waals surface area contributed by atoms with E-state index in [1.165, 1.54) is 18.2 Å². The van der Waals surface area contributed by atoms with Crippen LogP contribution in [-0.4, -0.2) is 20.2 Å². The molecule has 0 aromatic heterocycles. The van der Waals surface area contributed by atoms with Gasteiger partial charge in [-0.05, 0) is 12.1 Å². The number of hydrogen-bond donors (Lipinski definition) is 1. The summed E-state index contributed by atoms with van der Waals surface area (Å²) in [6.07, 6.45) is 0.0347. The van der Waals surface area contributed by atoms with E-state index in [4.69, 9.17) is 5.26 Å². The summed E-state index contributed by atoms with van der Waals surface area (Å²) in [5.41, 5.74) is -0.0194. The van der Waals surface area contributed by atoms with Crippen molar-refractivity contribution in [1.82, 2.24) is 0 Å². The first kappa shape index (κ1) is 10.9. The van der Waals surface area contributed by atoms with Crippen molar-refractivity contribution in [2.45, 2.75) is 17.4 Å². The molecule has 2 rings (SSSR count). The fraction of sp³-hybridized carbons (Fsp3) is 0.300. The summed E-state index contributed by atoms with van der Waals surface area (Å²) >= 11 is 0. The molecule has 0 amide bonds. The molecular formula is C10H9FN2O2S. The smallest absolute Gasteiger partial charge is 0.182 e. The SMILES string of the molecule is N#CCC1CS(=O)(=O)c2cccc(F)c2N1. The zero-order chi connectivity index (χ0) is 11.8. The summed E-state index contributed by atoms with van der Waals surface area (Å²) in [5.74, 6) is -0.777. The van der Waals surface area contributed by atoms with Crippen molar-refractivity contribution in [1.29, 1.82) is 5.26 Å². The van der Waals surface area contributed by atoms with Crippen LogP contribution < -0.4 is 5.32 Å². The highest BCUT2D eigenvalue weighted by Gasteiger charge is 2.31. The first-order valence-electron chi connectivity index (χ1n) is 4.69. The quantitative estimate of drug-likeness (QED) is 0.803. The molecule has 4 nitrogen and oxygen atoms in total. The van der Waals surface area contributed by atoms with Crippen LogP contribution in [0.4, 0.5) is 10.1 Å². The summed E-state index contributed by atoms with van der Waals surface area (Å²) in [5, 5.41) is 11.3. The Labute approximate surface area is 92.6 Å². The predicted molar refractivity (Wildman–Crippen MR) is 56.1 cm³/mol. The van der Waals surface area contributed by atoms with Crippen LogP contribution in [0.3, 0.4) is 0 Å². The molecule has 0 saturated carbocycles. The summed E-state index contributed by atoms with van der Waals surface area (Å²) in [6.45, 7) is 0. The van der Waals surface area contributed by atoms with Gasteiger partial charge in [0.2, 0.25) is 0 Å². The topological polar surface area (TPSA) is 70.0 Å². The van der Waals surface area contributed by atoms with Gasteiger partial charge in [-0.1, -0.05) is 6.07 Å². The van der Waals surface area contributed by atoms with Gasteiger partial charge in [0.15, 0.2) is 9.84 Å². The van der Waals surface area contributed by atoms with Crippen molar-refractivity contribution in [2.24, 2.45) is 0 Å². The molecule has 0 radical (unpaired) electrons. The Morgan fingerprint density at radius 1 is 1.56 bits per heavy atom. The van der Waals surface area contributed by atoms with Crippen LogP contribution in [0.1, 0.15) is 6.42 Å². The van der Waals surface area contributed by atoms with Gasteiger partial charge >= 0.3 is 0 Å². The van der Waals surface area contributed by atoms with Crippen molar-refractivity contribution in [3.05, 3.63) is 24.0 Å². The van der Waals surface area contributed by atoms with E-state index in [0.717, 1.165) is 0 Å². The number of hydrogen-bond acceptors (Lipinski definition) is 4. The zero-order valence-corrected chi connectivity index (χ0v) is 9.09. The lowest BCUT2D eigenvalue weighted by atomic mass is 10.2. The van der Waals surface area contributed by atoms with Gasteiger partial charge in [0.05, 0.1) is 34.9 Å². The van der Waals surface area contributed by atoms with Gasteiger partial charge in [-0.3, -0.25) is 0 Å². The highest BCUT2D eigenvalue weighted by Crippen LogP contribution is 2.31. The molecule has 1 heterocycles. The van der Waals surface area contributed by atoms with Crippen LogP contribution in [0, 0.1) is 17.1 Å². The Morgan fingerprint density at radius 3 is 3.00 bits per heavy atom. The van der Waals surface area contributed by atoms with Gasteiger partial charge < -0.3 is 5.32 Å². The Balaban J connectivity index is 2.53. The number of anilines is 1. The van der Waals surface area contributed by atoms with E-state index in [1.807, 2.05) is 6.07 Å². The van der Waals surface area contributed by atoms with E-state index < -0.39 is 21.7 Å². The number of halogens is 1. The summed E-state index contributed by atoms with van der Waals surface area (Å²) in [7, 11) is -3.49. The molecule has 1 aromatic carbocycles. The second kappa shape index (κ2) is 3.76. The number of fused-ring (bicyclic) bond motifs is 1. The van der Waals surface area contributed by atoms with Gasteiger partial charge in [0, 0.05) is 0 Å². The summed E-state index contributed by atoms with van der Waals surface area (Å²) in [4.78, 5) is -0.0262. The third-order valence-corrected chi connectivity index (χ3v) is 4.27. The largest absolute Gasteiger partial charge is 0.377 e. The van der Waals surface area contributed by atoms with Crippen molar-refractivity contribution < 1.29 is 12.8 Å². The fourth-order valence-electron chi connectivity index (χ4n) is 1.72. The standard InChI is InChI=1S/C10H9FN2O2S/c11-8-2-1-3-9-10(8)13-7(4-5-12)6-16(9,14)15/h1-3,7,13H,4,6H2. The third kappa shape index (κ3) is 1.74. The lowest BCUT2D eigenvalue weighted by Gasteiger charge is -2.25. The molecule has 0 saturated heterocycles. The number of benzene rings is 1. The van der Waals surface area contributed by atoms with Gasteiger partial charge in [-0.2, -0.15) is 5.26 Å². The van der Waals surface area contributed by atoms with Crippen LogP contribution in [-0.2, 0) is 9.84 Å². The summed E-state index contributed by atoms with van der Waals surface area (Å²) < 4.78 is 37.0. The maximum absolute atomic E-state index is 13.4. The highest BCUT2D eigenvalue weighted by atomic mass is 32.2. The normalized spacial score (nSPS) is 21.6. The molecule has 1 atom stereocenters. The van der Waals surface area contributed by atoms with Crippen LogP contribution in [0.25, 0.3) is 0 Å². The molecule has 6 heteroatoms. The Hall–Kier alpha value is -1.61. The molecule has 1 unspecified atom stereocenters. The third-order valence-electron chi connectivity index (χ3n) is 2.42. The van der Waals surface area contributed by atoms with Gasteiger partial charge in [-0.15, -0.1) is 0 Å². The second-order valence-corrected chi connectivity index (χ2v) is 5.60. The first-order chi connectivity index (χ1) is 7.54. The van der Waals surface area contributed by atoms with E-state index in [9.17, 15) is 12.8 Å². The van der Waals surface area contributed by atoms with Gasteiger partial charge in [0.1, 0.15) is 5.82 Å². The lowest BCUT2D eigenvalue weighted by molar-refractivity contribution is 0.577. The molecule has 1 aromatic rings. The molecule has 0 fully saturated rings. The van der Waals surface area contributed by atoms with Crippen LogP contribution >= 0.6 is 0 Å². The maximum atomic E-state index is 13.4. The predicted octanol–water partition coefficient (Wildman–Crippen LogP) is 1.31. The molecule has 0 bridgehead atoms. The second-order valence-electron chi connectivity index (χ2n) is 3.60. The molecule has 84 valence electrons. The van der Waals surface area contributed by atoms with Crippen LogP contribution in [0.2, 0.25) is 0 Å². The van der Waals surface area contributed by atoms with Crippen molar-refractivity contribution in [3.63, 3.8) is 0 Å². The number of nitrogens with one attached hydrogen (secondary N) is 1. The Bertz CT molecular complexity index is 563. The molecule has 1 aliphatic rings. The Kier molecular flexibility index (Phi) is 2.56. The minimum atomic E-state index is -3.49. The average molecular weight is 240 g/mol. The summed E-state index contributed by atoms with van der Waals surface area (Å²) in [6, 6.07) is 5.25. The number of nitrogens with zero attached hydrogens (tertiary/aromatic N) is 1. The van der Waals surface area contributed by atoms with Crippen molar-refractivity contribution in [3.8, 4) is 6.07 Å². The fourth-order valence-corrected chi connectivity index (χ4v) is 3.39. The molecule has 16 heavy (non-hydrogen) atoms. The molecule has 0 spiro atoms. The molecule has 1 aliphatic heterocycles. The zero-order valence-electron chi connectivity index (χ0n) is 8.27. The van der Waals surface area contributed by atoms with E-state index in [2.05, 4.69) is 5.32 Å². The maximum Gasteiger partial charge on any atom is 0.182 e. The monoisotopic (exact) mass is 240 g/mol. The minimum absolute atomic E-state index is 0.0194. The average Bonchev–Trinajstić information content (AvgIpc) is 2.19. The van der Waals surface area contributed by atoms with Crippen molar-refractivity contribution >= 4 is 15.5 Å². The van der Waals surface area contributed by atoms with Crippen LogP contribution in [0.15, 0.2) is 23.1 Å². The number of nitriles is 1. The molecular weight excluding hydrogens is 231 g/mol. The van der Waals surface area contributed by atoms with E-state index >= 15 is 0 Å². The van der Waals surface area contributed by atoms with E-state index in [1.54, 1.807) is 0 Å². The first-order valence-corrected chi connectivity index (χ1v) is 6.34. The van der Waals surface area contributed by atoms with E-state index in [-0.39, 0.29) is 22.8 Å². The van der Waals surface area contributed by atoms with Crippen molar-refractivity contribution in [2.75, 3.05) is 11.1 Å². The Morgan fingerprint density at radius 2 is 2.31 bits per heavy atom. The number of rotatable bonds is 1. The van der Waals surface area contributed by atoms with Crippen LogP contribution in [0.5, 0.6) is 0 Å². The van der Waals surface area contributed by atoms with E-state index in [0.29, 0.717) is 0 Å². The number of para-hydroxylation sites is 1. The lowest BCUT2D eigenvalue weighted by Crippen LogP contribution is -2.34. The molecule has 0 aliphatic carbocycles. The van der Waals surface area contributed by atoms with Gasteiger partial charge in [-0.25, -0.2) is 12.8 Å². The van der Waals surface area contributed by atoms with Gasteiger partial charge in [0.25, 0.3) is 0 Å².